The summed E-state index contributed by atoms with van der Waals surface area (Å²) in [5, 5.41) is 1.14. The Morgan fingerprint density at radius 1 is 0.968 bits per heavy atom. The standard InChI is InChI=1S/C26H24N2O3/c1-4-27(24-15-8-5-10-18(24)2)26(30)23-17-28(19-11-9-12-20(16-19)31-3)25(29)22-14-7-6-13-21(22)23/h5-17H,4H2,1-3H3. The lowest BCUT2D eigenvalue weighted by Crippen LogP contribution is -2.33. The van der Waals surface area contributed by atoms with Crippen molar-refractivity contribution in [1.82, 2.24) is 4.57 Å². The minimum Gasteiger partial charge on any atom is -0.497 e. The molecule has 5 heteroatoms. The van der Waals surface area contributed by atoms with Crippen molar-refractivity contribution >= 4 is 22.4 Å². The summed E-state index contributed by atoms with van der Waals surface area (Å²) in [6, 6.07) is 22.3. The smallest absolute Gasteiger partial charge is 0.262 e. The number of anilines is 1. The Bertz CT molecular complexity index is 1320. The van der Waals surface area contributed by atoms with Crippen LogP contribution in [0.3, 0.4) is 0 Å². The maximum absolute atomic E-state index is 13.7. The molecule has 0 saturated heterocycles. The molecule has 1 aromatic heterocycles. The van der Waals surface area contributed by atoms with Gasteiger partial charge in [-0.05, 0) is 43.7 Å². The van der Waals surface area contributed by atoms with Gasteiger partial charge in [-0.2, -0.15) is 0 Å². The van der Waals surface area contributed by atoms with E-state index in [0.29, 0.717) is 34.3 Å². The Balaban J connectivity index is 1.95. The number of para-hydroxylation sites is 1. The molecule has 0 N–H and O–H groups in total. The van der Waals surface area contributed by atoms with E-state index in [4.69, 9.17) is 4.74 Å². The van der Waals surface area contributed by atoms with Crippen LogP contribution in [0.5, 0.6) is 5.75 Å². The Morgan fingerprint density at radius 3 is 2.39 bits per heavy atom. The van der Waals surface area contributed by atoms with E-state index >= 15 is 0 Å². The van der Waals surface area contributed by atoms with E-state index in [2.05, 4.69) is 0 Å². The van der Waals surface area contributed by atoms with Gasteiger partial charge in [-0.1, -0.05) is 42.5 Å². The van der Waals surface area contributed by atoms with Gasteiger partial charge in [0.2, 0.25) is 0 Å². The van der Waals surface area contributed by atoms with Crippen LogP contribution >= 0.6 is 0 Å². The van der Waals surface area contributed by atoms with Gasteiger partial charge in [0.1, 0.15) is 5.75 Å². The van der Waals surface area contributed by atoms with Gasteiger partial charge in [0.05, 0.1) is 18.4 Å². The number of carbonyl (C=O) groups is 1. The average Bonchev–Trinajstić information content (AvgIpc) is 2.81. The minimum atomic E-state index is -0.181. The zero-order valence-corrected chi connectivity index (χ0v) is 17.8. The number of rotatable bonds is 5. The lowest BCUT2D eigenvalue weighted by molar-refractivity contribution is 0.0989. The summed E-state index contributed by atoms with van der Waals surface area (Å²) in [6.45, 7) is 4.45. The van der Waals surface area contributed by atoms with Gasteiger partial charge < -0.3 is 9.64 Å². The van der Waals surface area contributed by atoms with Crippen LogP contribution in [0.4, 0.5) is 5.69 Å². The summed E-state index contributed by atoms with van der Waals surface area (Å²) in [4.78, 5) is 28.8. The zero-order chi connectivity index (χ0) is 22.0. The molecule has 3 aromatic carbocycles. The second-order valence-corrected chi connectivity index (χ2v) is 7.30. The monoisotopic (exact) mass is 412 g/mol. The number of ether oxygens (including phenoxy) is 1. The summed E-state index contributed by atoms with van der Waals surface area (Å²) in [6.07, 6.45) is 1.64. The van der Waals surface area contributed by atoms with Gasteiger partial charge >= 0.3 is 0 Å². The molecular weight excluding hydrogens is 388 g/mol. The van der Waals surface area contributed by atoms with Gasteiger partial charge in [0.25, 0.3) is 11.5 Å². The average molecular weight is 412 g/mol. The molecule has 31 heavy (non-hydrogen) atoms. The molecule has 156 valence electrons. The first-order chi connectivity index (χ1) is 15.0. The Labute approximate surface area is 181 Å². The summed E-state index contributed by atoms with van der Waals surface area (Å²) < 4.78 is 6.84. The summed E-state index contributed by atoms with van der Waals surface area (Å²) in [7, 11) is 1.58. The van der Waals surface area contributed by atoms with Crippen LogP contribution in [0.15, 0.2) is 83.8 Å². The first kappa shape index (κ1) is 20.4. The third-order valence-electron chi connectivity index (χ3n) is 5.45. The highest BCUT2D eigenvalue weighted by Gasteiger charge is 2.22. The normalized spacial score (nSPS) is 10.8. The van der Waals surface area contributed by atoms with E-state index in [9.17, 15) is 9.59 Å². The van der Waals surface area contributed by atoms with Crippen molar-refractivity contribution in [2.75, 3.05) is 18.6 Å². The topological polar surface area (TPSA) is 51.5 Å². The highest BCUT2D eigenvalue weighted by molar-refractivity contribution is 6.14. The first-order valence-electron chi connectivity index (χ1n) is 10.2. The second-order valence-electron chi connectivity index (χ2n) is 7.30. The molecule has 0 atom stereocenters. The van der Waals surface area contributed by atoms with Crippen LogP contribution in [0.1, 0.15) is 22.8 Å². The molecule has 0 bridgehead atoms. The SMILES string of the molecule is CCN(C(=O)c1cn(-c2cccc(OC)c2)c(=O)c2ccccc12)c1ccccc1C. The molecule has 0 spiro atoms. The Hall–Kier alpha value is -3.86. The third-order valence-corrected chi connectivity index (χ3v) is 5.45. The fourth-order valence-electron chi connectivity index (χ4n) is 3.85. The van der Waals surface area contributed by atoms with E-state index in [1.807, 2.05) is 74.5 Å². The van der Waals surface area contributed by atoms with Crippen molar-refractivity contribution in [3.8, 4) is 11.4 Å². The van der Waals surface area contributed by atoms with Crippen molar-refractivity contribution in [2.45, 2.75) is 13.8 Å². The molecule has 1 amide bonds. The summed E-state index contributed by atoms with van der Waals surface area (Å²) >= 11 is 0. The molecule has 0 unspecified atom stereocenters. The molecular formula is C26H24N2O3. The molecule has 0 aliphatic heterocycles. The van der Waals surface area contributed by atoms with Crippen LogP contribution in [0.2, 0.25) is 0 Å². The van der Waals surface area contributed by atoms with Gasteiger partial charge in [0, 0.05) is 35.3 Å². The van der Waals surface area contributed by atoms with Gasteiger partial charge in [0.15, 0.2) is 0 Å². The number of amides is 1. The van der Waals surface area contributed by atoms with Crippen molar-refractivity contribution in [3.05, 3.63) is 100 Å². The van der Waals surface area contributed by atoms with Crippen molar-refractivity contribution in [1.29, 1.82) is 0 Å². The Morgan fingerprint density at radius 2 is 1.68 bits per heavy atom. The number of hydrogen-bond donors (Lipinski definition) is 0. The Kier molecular flexibility index (Phi) is 5.58. The predicted octanol–water partition coefficient (Wildman–Crippen LogP) is 4.97. The largest absolute Gasteiger partial charge is 0.497 e. The summed E-state index contributed by atoms with van der Waals surface area (Å²) in [5.41, 5.74) is 2.81. The fraction of sp³-hybridized carbons (Fsp3) is 0.154. The zero-order valence-electron chi connectivity index (χ0n) is 17.8. The van der Waals surface area contributed by atoms with Crippen molar-refractivity contribution < 1.29 is 9.53 Å². The molecule has 4 aromatic rings. The van der Waals surface area contributed by atoms with Crippen molar-refractivity contribution in [2.24, 2.45) is 0 Å². The van der Waals surface area contributed by atoms with Gasteiger partial charge in [-0.3, -0.25) is 14.2 Å². The van der Waals surface area contributed by atoms with Crippen LogP contribution in [0, 0.1) is 6.92 Å². The van der Waals surface area contributed by atoms with E-state index in [1.54, 1.807) is 30.3 Å². The molecule has 1 heterocycles. The lowest BCUT2D eigenvalue weighted by atomic mass is 10.0. The number of methoxy groups -OCH3 is 1. The fourth-order valence-corrected chi connectivity index (χ4v) is 3.85. The number of benzene rings is 3. The second kappa shape index (κ2) is 8.48. The summed E-state index contributed by atoms with van der Waals surface area (Å²) in [5.74, 6) is 0.491. The van der Waals surface area contributed by atoms with E-state index < -0.39 is 0 Å². The third kappa shape index (κ3) is 3.70. The molecule has 4 rings (SSSR count). The maximum Gasteiger partial charge on any atom is 0.262 e. The van der Waals surface area contributed by atoms with Gasteiger partial charge in [-0.15, -0.1) is 0 Å². The van der Waals surface area contributed by atoms with Crippen LogP contribution in [-0.2, 0) is 0 Å². The first-order valence-corrected chi connectivity index (χ1v) is 10.2. The molecule has 0 radical (unpaired) electrons. The quantitative estimate of drug-likeness (QED) is 0.465. The highest BCUT2D eigenvalue weighted by atomic mass is 16.5. The molecule has 0 aliphatic rings. The van der Waals surface area contributed by atoms with Gasteiger partial charge in [-0.25, -0.2) is 0 Å². The van der Waals surface area contributed by atoms with E-state index in [-0.39, 0.29) is 11.5 Å². The van der Waals surface area contributed by atoms with Crippen LogP contribution in [0.25, 0.3) is 16.5 Å². The number of aryl methyl sites for hydroxylation is 1. The van der Waals surface area contributed by atoms with Crippen LogP contribution < -0.4 is 15.2 Å². The lowest BCUT2D eigenvalue weighted by Gasteiger charge is -2.24. The number of fused-ring (bicyclic) bond motifs is 1. The highest BCUT2D eigenvalue weighted by Crippen LogP contribution is 2.25. The van der Waals surface area contributed by atoms with E-state index in [1.165, 1.54) is 4.57 Å². The number of nitrogens with zero attached hydrogens (tertiary/aromatic N) is 2. The van der Waals surface area contributed by atoms with E-state index in [0.717, 1.165) is 11.3 Å². The predicted molar refractivity (Wildman–Crippen MR) is 125 cm³/mol. The molecule has 0 saturated carbocycles. The molecule has 0 fully saturated rings. The number of aromatic nitrogens is 1. The van der Waals surface area contributed by atoms with Crippen LogP contribution in [-0.4, -0.2) is 24.1 Å². The number of hydrogen-bond acceptors (Lipinski definition) is 3. The number of carbonyl (C=O) groups excluding carboxylic acids is 1. The number of pyridine rings is 1. The molecule has 5 nitrogen and oxygen atoms in total. The maximum atomic E-state index is 13.7. The molecule has 0 aliphatic carbocycles. The van der Waals surface area contributed by atoms with Crippen molar-refractivity contribution in [3.63, 3.8) is 0 Å². The minimum absolute atomic E-state index is 0.148.